The molecule has 2 unspecified atom stereocenters. The van der Waals surface area contributed by atoms with Crippen LogP contribution in [0.2, 0.25) is 9.26 Å². The number of rotatable bonds is 4. The van der Waals surface area contributed by atoms with E-state index in [2.05, 4.69) is 122 Å². The Morgan fingerprint density at radius 3 is 1.29 bits per heavy atom. The molecule has 0 saturated carbocycles. The van der Waals surface area contributed by atoms with E-state index in [9.17, 15) is 0 Å². The number of hydrogen-bond acceptors (Lipinski definition) is 0. The van der Waals surface area contributed by atoms with E-state index in [4.69, 9.17) is 0 Å². The van der Waals surface area contributed by atoms with Crippen LogP contribution in [0.3, 0.4) is 0 Å². The quantitative estimate of drug-likeness (QED) is 0.457. The Balaban J connectivity index is 0.000000200. The molecular formula is C34H38Cl2Zr2. The maximum atomic E-state index is 2.56. The van der Waals surface area contributed by atoms with E-state index < -0.39 is 43.5 Å². The number of hydrogen-bond donors (Lipinski definition) is 0. The normalized spacial score (nSPS) is 19.1. The molecule has 0 bridgehead atoms. The predicted molar refractivity (Wildman–Crippen MR) is 151 cm³/mol. The number of allylic oxidation sites excluding steroid dienone is 10. The molecule has 0 spiro atoms. The molecule has 0 aliphatic heterocycles. The van der Waals surface area contributed by atoms with Crippen LogP contribution in [0.5, 0.6) is 0 Å². The van der Waals surface area contributed by atoms with Crippen LogP contribution in [-0.4, -0.2) is 0 Å². The molecule has 0 saturated heterocycles. The summed E-state index contributed by atoms with van der Waals surface area (Å²) in [6, 6.07) is 9.11. The standard InChI is InChI=1S/2C11H11.2C5H5.2CH3.2ClH.2Zr/c2*1-8-6-7-9(2)11-5-3-4-10(8)11;2*1-2-4-5-3-1;;;;;;/h2*3-7H,1-2H3;2*1-3H,4H2;2*1H3;2*1H;;/q;;;;;;;;2*+1/p-2. The van der Waals surface area contributed by atoms with E-state index in [1.807, 2.05) is 0 Å². The van der Waals surface area contributed by atoms with Gasteiger partial charge in [0.1, 0.15) is 0 Å². The molecule has 196 valence electrons. The second-order valence-electron chi connectivity index (χ2n) is 10.7. The number of benzene rings is 2. The van der Waals surface area contributed by atoms with Crippen LogP contribution in [-0.2, 0) is 43.5 Å². The summed E-state index contributed by atoms with van der Waals surface area (Å²) < 4.78 is 10.2. The summed E-state index contributed by atoms with van der Waals surface area (Å²) in [5, 5.41) is 0. The average molecular weight is 700 g/mol. The third-order valence-electron chi connectivity index (χ3n) is 8.47. The zero-order valence-electron chi connectivity index (χ0n) is 23.4. The number of aryl methyl sites for hydroxylation is 4. The molecule has 6 rings (SSSR count). The van der Waals surface area contributed by atoms with Gasteiger partial charge in [0.25, 0.3) is 0 Å². The Labute approximate surface area is 259 Å². The van der Waals surface area contributed by atoms with Crippen LogP contribution in [0.1, 0.15) is 64.6 Å². The molecule has 38 heavy (non-hydrogen) atoms. The van der Waals surface area contributed by atoms with Gasteiger partial charge in [-0.1, -0.05) is 0 Å². The van der Waals surface area contributed by atoms with E-state index in [0.29, 0.717) is 0 Å². The fourth-order valence-corrected chi connectivity index (χ4v) is 18.0. The molecule has 0 nitrogen and oxygen atoms in total. The van der Waals surface area contributed by atoms with Gasteiger partial charge in [-0.25, -0.2) is 0 Å². The summed E-state index contributed by atoms with van der Waals surface area (Å²) in [4.78, 5) is 0. The molecule has 4 heteroatoms. The smallest absolute Gasteiger partial charge is 1.00 e. The Bertz CT molecular complexity index is 1270. The van der Waals surface area contributed by atoms with Gasteiger partial charge in [0.05, 0.1) is 0 Å². The third-order valence-corrected chi connectivity index (χ3v) is 22.2. The van der Waals surface area contributed by atoms with Crippen molar-refractivity contribution in [2.24, 2.45) is 0 Å². The van der Waals surface area contributed by atoms with Crippen molar-refractivity contribution in [3.8, 4) is 0 Å². The van der Waals surface area contributed by atoms with Crippen LogP contribution in [0.15, 0.2) is 79.4 Å². The Morgan fingerprint density at radius 2 is 0.947 bits per heavy atom. The SMILES string of the molecule is Cc1ccc(C)c2c1C=C[CH]2[Zr+]([CH3])[C]1=CC=CC1.Cc1ccc(C)c2c1C=C[CH]2[Zr+]([CH3])[C]1=CC=CC1.[Cl-].[Cl-]. The van der Waals surface area contributed by atoms with E-state index in [1.165, 1.54) is 46.2 Å². The fraction of sp³-hybridized carbons (Fsp3) is 0.294. The monoisotopic (exact) mass is 696 g/mol. The Hall–Kier alpha value is -0.774. The summed E-state index contributed by atoms with van der Waals surface area (Å²) in [7, 11) is 0. The van der Waals surface area contributed by atoms with Gasteiger partial charge in [0.15, 0.2) is 0 Å². The van der Waals surface area contributed by atoms with Crippen molar-refractivity contribution in [2.45, 2.75) is 57.1 Å². The first-order chi connectivity index (χ1) is 17.4. The zero-order chi connectivity index (χ0) is 25.4. The molecule has 2 aromatic rings. The minimum absolute atomic E-state index is 0. The minimum Gasteiger partial charge on any atom is -1.00 e. The van der Waals surface area contributed by atoms with Gasteiger partial charge in [-0.3, -0.25) is 0 Å². The van der Waals surface area contributed by atoms with Crippen LogP contribution >= 0.6 is 0 Å². The molecule has 0 aromatic heterocycles. The van der Waals surface area contributed by atoms with Gasteiger partial charge >= 0.3 is 237 Å². The maximum absolute atomic E-state index is 2.56. The molecule has 0 fully saturated rings. The molecule has 2 aromatic carbocycles. The van der Waals surface area contributed by atoms with Crippen LogP contribution in [0, 0.1) is 27.7 Å². The van der Waals surface area contributed by atoms with Crippen LogP contribution < -0.4 is 24.8 Å². The average Bonchev–Trinajstić information content (AvgIpc) is 3.69. The van der Waals surface area contributed by atoms with Gasteiger partial charge in [-0.05, 0) is 0 Å². The Morgan fingerprint density at radius 1 is 0.579 bits per heavy atom. The molecule has 0 heterocycles. The van der Waals surface area contributed by atoms with Crippen molar-refractivity contribution < 1.29 is 68.3 Å². The first kappa shape index (κ1) is 31.7. The topological polar surface area (TPSA) is 0 Å². The summed E-state index contributed by atoms with van der Waals surface area (Å²) in [6.45, 7) is 9.02. The van der Waals surface area contributed by atoms with Crippen molar-refractivity contribution in [3.63, 3.8) is 0 Å². The van der Waals surface area contributed by atoms with Crippen molar-refractivity contribution in [1.29, 1.82) is 0 Å². The fourth-order valence-electron chi connectivity index (χ4n) is 6.15. The predicted octanol–water partition coefficient (Wildman–Crippen LogP) is 3.77. The van der Waals surface area contributed by atoms with Crippen molar-refractivity contribution in [2.75, 3.05) is 0 Å². The second kappa shape index (κ2) is 13.7. The Kier molecular flexibility index (Phi) is 11.5. The number of fused-ring (bicyclic) bond motifs is 2. The number of halogens is 2. The molecule has 0 N–H and O–H groups in total. The van der Waals surface area contributed by atoms with E-state index in [1.54, 1.807) is 17.7 Å². The van der Waals surface area contributed by atoms with Crippen molar-refractivity contribution in [3.05, 3.63) is 124 Å². The molecule has 2 atom stereocenters. The van der Waals surface area contributed by atoms with Crippen molar-refractivity contribution in [1.82, 2.24) is 0 Å². The van der Waals surface area contributed by atoms with E-state index in [-0.39, 0.29) is 24.8 Å². The van der Waals surface area contributed by atoms with E-state index >= 15 is 0 Å². The molecule has 0 amide bonds. The maximum Gasteiger partial charge on any atom is -1.00 e. The summed E-state index contributed by atoms with van der Waals surface area (Å²) in [5.74, 6) is 0. The molecule has 4 aliphatic carbocycles. The van der Waals surface area contributed by atoms with Gasteiger partial charge in [0.2, 0.25) is 0 Å². The molecule has 0 radical (unpaired) electrons. The van der Waals surface area contributed by atoms with Crippen LogP contribution in [0.25, 0.3) is 12.2 Å². The van der Waals surface area contributed by atoms with E-state index in [0.717, 1.165) is 7.25 Å². The first-order valence-corrected chi connectivity index (χ1v) is 23.5. The van der Waals surface area contributed by atoms with Crippen LogP contribution in [0.4, 0.5) is 0 Å². The summed E-state index contributed by atoms with van der Waals surface area (Å²) in [6.07, 6.45) is 26.0. The molecular weight excluding hydrogens is 662 g/mol. The van der Waals surface area contributed by atoms with Gasteiger partial charge in [0, 0.05) is 0 Å². The summed E-state index contributed by atoms with van der Waals surface area (Å²) in [5.41, 5.74) is 12.1. The summed E-state index contributed by atoms with van der Waals surface area (Å²) >= 11 is -3.00. The van der Waals surface area contributed by atoms with Gasteiger partial charge < -0.3 is 24.8 Å². The van der Waals surface area contributed by atoms with Crippen molar-refractivity contribution >= 4 is 12.2 Å². The zero-order valence-corrected chi connectivity index (χ0v) is 29.8. The van der Waals surface area contributed by atoms with Gasteiger partial charge in [-0.15, -0.1) is 0 Å². The third kappa shape index (κ3) is 6.25. The second-order valence-corrected chi connectivity index (χ2v) is 23.7. The first-order valence-electron chi connectivity index (χ1n) is 13.3. The minimum atomic E-state index is -1.50. The largest absolute Gasteiger partial charge is 1.00 e. The molecule has 4 aliphatic rings. The van der Waals surface area contributed by atoms with Gasteiger partial charge in [-0.2, -0.15) is 0 Å².